The molecule has 0 radical (unpaired) electrons. The molecule has 0 saturated heterocycles. The Labute approximate surface area is 106 Å². The number of methoxy groups -OCH3 is 1. The number of hydrogen-bond acceptors (Lipinski definition) is 2. The maximum atomic E-state index is 12.9. The van der Waals surface area contributed by atoms with Crippen molar-refractivity contribution in [2.75, 3.05) is 13.7 Å². The van der Waals surface area contributed by atoms with Crippen molar-refractivity contribution in [1.29, 1.82) is 0 Å². The van der Waals surface area contributed by atoms with Crippen LogP contribution in [0.15, 0.2) is 0 Å². The van der Waals surface area contributed by atoms with Gasteiger partial charge < -0.3 is 10.1 Å². The molecule has 2 saturated carbocycles. The second-order valence-corrected chi connectivity index (χ2v) is 5.66. The minimum Gasteiger partial charge on any atom is -0.377 e. The van der Waals surface area contributed by atoms with Crippen LogP contribution in [0.4, 0.5) is 13.2 Å². The molecule has 0 bridgehead atoms. The standard InChI is InChI=1S/C13H22F3NO/c1-18-12(7-4-8-12)9-17-11-6-3-2-5-10(11)13(14,15)16/h10-11,17H,2-9H2,1H3. The largest absolute Gasteiger partial charge is 0.393 e. The minimum absolute atomic E-state index is 0.201. The molecule has 2 unspecified atom stereocenters. The van der Waals surface area contributed by atoms with E-state index in [4.69, 9.17) is 4.74 Å². The molecule has 5 heteroatoms. The maximum absolute atomic E-state index is 12.9. The zero-order valence-electron chi connectivity index (χ0n) is 10.9. The smallest absolute Gasteiger partial charge is 0.377 e. The highest BCUT2D eigenvalue weighted by Crippen LogP contribution is 2.39. The van der Waals surface area contributed by atoms with Crippen LogP contribution in [0.3, 0.4) is 0 Å². The van der Waals surface area contributed by atoms with E-state index in [1.807, 2.05) is 0 Å². The maximum Gasteiger partial charge on any atom is 0.393 e. The summed E-state index contributed by atoms with van der Waals surface area (Å²) < 4.78 is 44.2. The third kappa shape index (κ3) is 2.99. The zero-order valence-corrected chi connectivity index (χ0v) is 10.9. The van der Waals surface area contributed by atoms with Crippen molar-refractivity contribution < 1.29 is 17.9 Å². The van der Waals surface area contributed by atoms with Gasteiger partial charge in [0, 0.05) is 19.7 Å². The first-order chi connectivity index (χ1) is 8.47. The van der Waals surface area contributed by atoms with Crippen molar-refractivity contribution in [2.24, 2.45) is 5.92 Å². The predicted molar refractivity (Wildman–Crippen MR) is 63.4 cm³/mol. The van der Waals surface area contributed by atoms with E-state index in [2.05, 4.69) is 5.32 Å². The molecule has 2 aliphatic carbocycles. The average molecular weight is 265 g/mol. The van der Waals surface area contributed by atoms with Gasteiger partial charge in [0.25, 0.3) is 0 Å². The number of alkyl halides is 3. The Bertz CT molecular complexity index is 270. The van der Waals surface area contributed by atoms with E-state index in [9.17, 15) is 13.2 Å². The van der Waals surface area contributed by atoms with Gasteiger partial charge in [0.05, 0.1) is 11.5 Å². The topological polar surface area (TPSA) is 21.3 Å². The Morgan fingerprint density at radius 3 is 2.33 bits per heavy atom. The van der Waals surface area contributed by atoms with Gasteiger partial charge in [-0.15, -0.1) is 0 Å². The summed E-state index contributed by atoms with van der Waals surface area (Å²) in [5.74, 6) is -1.18. The fourth-order valence-electron chi connectivity index (χ4n) is 3.11. The van der Waals surface area contributed by atoms with Crippen molar-refractivity contribution in [2.45, 2.75) is 62.8 Å². The molecule has 0 aromatic heterocycles. The van der Waals surface area contributed by atoms with Gasteiger partial charge in [-0.2, -0.15) is 13.2 Å². The van der Waals surface area contributed by atoms with Crippen molar-refractivity contribution in [3.05, 3.63) is 0 Å². The van der Waals surface area contributed by atoms with Crippen molar-refractivity contribution >= 4 is 0 Å². The number of rotatable bonds is 4. The van der Waals surface area contributed by atoms with Crippen LogP contribution in [0.25, 0.3) is 0 Å². The van der Waals surface area contributed by atoms with Crippen LogP contribution in [-0.4, -0.2) is 31.5 Å². The molecule has 0 aromatic carbocycles. The van der Waals surface area contributed by atoms with Crippen molar-refractivity contribution in [1.82, 2.24) is 5.32 Å². The Morgan fingerprint density at radius 2 is 1.83 bits per heavy atom. The van der Waals surface area contributed by atoms with Crippen LogP contribution < -0.4 is 5.32 Å². The summed E-state index contributed by atoms with van der Waals surface area (Å²) in [6.45, 7) is 0.556. The molecule has 0 amide bonds. The van der Waals surface area contributed by atoms with E-state index < -0.39 is 18.1 Å². The highest BCUT2D eigenvalue weighted by Gasteiger charge is 2.46. The lowest BCUT2D eigenvalue weighted by Gasteiger charge is -2.43. The summed E-state index contributed by atoms with van der Waals surface area (Å²) >= 11 is 0. The van der Waals surface area contributed by atoms with E-state index >= 15 is 0 Å². The molecular weight excluding hydrogens is 243 g/mol. The minimum atomic E-state index is -4.07. The summed E-state index contributed by atoms with van der Waals surface area (Å²) in [4.78, 5) is 0. The van der Waals surface area contributed by atoms with Gasteiger partial charge >= 0.3 is 6.18 Å². The predicted octanol–water partition coefficient (Wildman–Crippen LogP) is 3.27. The Kier molecular flexibility index (Phi) is 4.22. The molecule has 2 atom stereocenters. The Morgan fingerprint density at radius 1 is 1.17 bits per heavy atom. The number of ether oxygens (including phenoxy) is 1. The molecule has 18 heavy (non-hydrogen) atoms. The molecule has 0 spiro atoms. The first kappa shape index (κ1) is 14.1. The van der Waals surface area contributed by atoms with E-state index in [0.29, 0.717) is 19.4 Å². The molecule has 2 nitrogen and oxygen atoms in total. The van der Waals surface area contributed by atoms with Crippen LogP contribution in [0, 0.1) is 5.92 Å². The van der Waals surface area contributed by atoms with E-state index in [1.165, 1.54) is 0 Å². The van der Waals surface area contributed by atoms with Gasteiger partial charge in [0.15, 0.2) is 0 Å². The summed E-state index contributed by atoms with van der Waals surface area (Å²) in [5, 5.41) is 3.13. The van der Waals surface area contributed by atoms with Crippen LogP contribution in [0.1, 0.15) is 44.9 Å². The molecule has 0 aromatic rings. The molecular formula is C13H22F3NO. The lowest BCUT2D eigenvalue weighted by atomic mass is 9.78. The van der Waals surface area contributed by atoms with Crippen molar-refractivity contribution in [3.8, 4) is 0 Å². The third-order valence-corrected chi connectivity index (χ3v) is 4.57. The van der Waals surface area contributed by atoms with Gasteiger partial charge in [-0.05, 0) is 32.1 Å². The van der Waals surface area contributed by atoms with Crippen LogP contribution in [0.5, 0.6) is 0 Å². The highest BCUT2D eigenvalue weighted by molar-refractivity contribution is 4.94. The van der Waals surface area contributed by atoms with Gasteiger partial charge in [0.1, 0.15) is 0 Å². The quantitative estimate of drug-likeness (QED) is 0.842. The summed E-state index contributed by atoms with van der Waals surface area (Å²) in [6.07, 6.45) is 1.44. The van der Waals surface area contributed by atoms with E-state index in [1.54, 1.807) is 7.11 Å². The summed E-state index contributed by atoms with van der Waals surface area (Å²) in [7, 11) is 1.66. The lowest BCUT2D eigenvalue weighted by molar-refractivity contribution is -0.190. The first-order valence-corrected chi connectivity index (χ1v) is 6.82. The molecule has 106 valence electrons. The van der Waals surface area contributed by atoms with Gasteiger partial charge in [-0.1, -0.05) is 12.8 Å². The van der Waals surface area contributed by atoms with E-state index in [0.717, 1.165) is 25.7 Å². The van der Waals surface area contributed by atoms with E-state index in [-0.39, 0.29) is 12.0 Å². The van der Waals surface area contributed by atoms with Gasteiger partial charge in [0.2, 0.25) is 0 Å². The number of nitrogens with one attached hydrogen (secondary N) is 1. The summed E-state index contributed by atoms with van der Waals surface area (Å²) in [6, 6.07) is -0.425. The second kappa shape index (κ2) is 5.37. The molecule has 2 aliphatic rings. The first-order valence-electron chi connectivity index (χ1n) is 6.82. The van der Waals surface area contributed by atoms with Crippen LogP contribution >= 0.6 is 0 Å². The monoisotopic (exact) mass is 265 g/mol. The van der Waals surface area contributed by atoms with Gasteiger partial charge in [-0.25, -0.2) is 0 Å². The molecule has 0 aliphatic heterocycles. The summed E-state index contributed by atoms with van der Waals surface area (Å²) in [5.41, 5.74) is -0.201. The average Bonchev–Trinajstić information content (AvgIpc) is 2.27. The molecule has 1 N–H and O–H groups in total. The van der Waals surface area contributed by atoms with Crippen molar-refractivity contribution in [3.63, 3.8) is 0 Å². The highest BCUT2D eigenvalue weighted by atomic mass is 19.4. The van der Waals surface area contributed by atoms with Gasteiger partial charge in [-0.3, -0.25) is 0 Å². The second-order valence-electron chi connectivity index (χ2n) is 5.66. The third-order valence-electron chi connectivity index (χ3n) is 4.57. The molecule has 2 fully saturated rings. The number of halogens is 3. The normalized spacial score (nSPS) is 32.0. The van der Waals surface area contributed by atoms with Crippen LogP contribution in [-0.2, 0) is 4.74 Å². The Hall–Kier alpha value is -0.290. The SMILES string of the molecule is COC1(CNC2CCCCC2C(F)(F)F)CCC1. The molecule has 2 rings (SSSR count). The molecule has 0 heterocycles. The lowest BCUT2D eigenvalue weighted by Crippen LogP contribution is -2.54. The zero-order chi connectivity index (χ0) is 13.2. The fraction of sp³-hybridized carbons (Fsp3) is 1.00. The number of hydrogen-bond donors (Lipinski definition) is 1. The Balaban J connectivity index is 1.89. The van der Waals surface area contributed by atoms with Crippen LogP contribution in [0.2, 0.25) is 0 Å². The fourth-order valence-corrected chi connectivity index (χ4v) is 3.11.